The summed E-state index contributed by atoms with van der Waals surface area (Å²) in [6.45, 7) is 1.20. The van der Waals surface area contributed by atoms with Crippen LogP contribution >= 0.6 is 0 Å². The minimum Gasteiger partial charge on any atom is -0.484 e. The summed E-state index contributed by atoms with van der Waals surface area (Å²) in [5.41, 5.74) is 6.08. The van der Waals surface area contributed by atoms with Crippen molar-refractivity contribution in [3.05, 3.63) is 24.3 Å². The van der Waals surface area contributed by atoms with Crippen molar-refractivity contribution >= 4 is 17.5 Å². The molecule has 1 saturated carbocycles. The third-order valence-corrected chi connectivity index (χ3v) is 3.37. The third kappa shape index (κ3) is 5.73. The Labute approximate surface area is 130 Å². The maximum atomic E-state index is 11.7. The molecule has 6 heteroatoms. The molecule has 22 heavy (non-hydrogen) atoms. The van der Waals surface area contributed by atoms with Crippen LogP contribution in [0.2, 0.25) is 0 Å². The molecule has 1 fully saturated rings. The highest BCUT2D eigenvalue weighted by Crippen LogP contribution is 2.30. The molecule has 120 valence electrons. The normalized spacial score (nSPS) is 13.5. The van der Waals surface area contributed by atoms with Gasteiger partial charge in [-0.1, -0.05) is 6.07 Å². The zero-order chi connectivity index (χ0) is 15.8. The second kappa shape index (κ2) is 8.38. The average molecular weight is 305 g/mol. The number of hydrogen-bond acceptors (Lipinski definition) is 4. The molecule has 4 N–H and O–H groups in total. The first-order chi connectivity index (χ1) is 10.7. The number of anilines is 1. The van der Waals surface area contributed by atoms with E-state index in [-0.39, 0.29) is 24.3 Å². The lowest BCUT2D eigenvalue weighted by Gasteiger charge is -2.09. The van der Waals surface area contributed by atoms with Gasteiger partial charge in [0.1, 0.15) is 5.75 Å². The second-order valence-electron chi connectivity index (χ2n) is 5.43. The molecule has 0 aromatic heterocycles. The van der Waals surface area contributed by atoms with Crippen molar-refractivity contribution in [3.8, 4) is 5.75 Å². The number of carbonyl (C=O) groups excluding carboxylic acids is 2. The smallest absolute Gasteiger partial charge is 0.257 e. The van der Waals surface area contributed by atoms with E-state index in [1.54, 1.807) is 24.3 Å². The number of carbonyl (C=O) groups is 2. The van der Waals surface area contributed by atoms with Gasteiger partial charge in [0.2, 0.25) is 5.91 Å². The lowest BCUT2D eigenvalue weighted by atomic mass is 10.3. The molecule has 1 aliphatic rings. The first kappa shape index (κ1) is 16.3. The van der Waals surface area contributed by atoms with Gasteiger partial charge in [-0.15, -0.1) is 0 Å². The number of unbranched alkanes of at least 4 members (excludes halogenated alkanes) is 1. The second-order valence-corrected chi connectivity index (χ2v) is 5.43. The predicted octanol–water partition coefficient (Wildman–Crippen LogP) is 1.27. The van der Waals surface area contributed by atoms with Gasteiger partial charge < -0.3 is 21.1 Å². The largest absolute Gasteiger partial charge is 0.484 e. The molecule has 0 heterocycles. The monoisotopic (exact) mass is 305 g/mol. The molecule has 0 saturated heterocycles. The fraction of sp³-hybridized carbons (Fsp3) is 0.500. The van der Waals surface area contributed by atoms with Gasteiger partial charge in [-0.3, -0.25) is 9.59 Å². The number of amides is 2. The lowest BCUT2D eigenvalue weighted by molar-refractivity contribution is -0.123. The molecule has 1 aliphatic carbocycles. The number of benzene rings is 1. The Morgan fingerprint density at radius 1 is 1.27 bits per heavy atom. The van der Waals surface area contributed by atoms with Gasteiger partial charge in [0.05, 0.1) is 0 Å². The van der Waals surface area contributed by atoms with Crippen LogP contribution in [0.25, 0.3) is 0 Å². The fourth-order valence-corrected chi connectivity index (χ4v) is 1.95. The SMILES string of the molecule is NCCCCNC(=O)COc1cccc(NC(=O)C2CC2)c1. The highest BCUT2D eigenvalue weighted by molar-refractivity contribution is 5.94. The molecule has 0 unspecified atom stereocenters. The average Bonchev–Trinajstić information content (AvgIpc) is 3.35. The van der Waals surface area contributed by atoms with E-state index in [2.05, 4.69) is 10.6 Å². The van der Waals surface area contributed by atoms with Gasteiger partial charge >= 0.3 is 0 Å². The van der Waals surface area contributed by atoms with Crippen LogP contribution in [0.5, 0.6) is 5.75 Å². The van der Waals surface area contributed by atoms with Crippen LogP contribution in [0.4, 0.5) is 5.69 Å². The van der Waals surface area contributed by atoms with Gasteiger partial charge in [0.15, 0.2) is 6.61 Å². The van der Waals surface area contributed by atoms with E-state index in [1.165, 1.54) is 0 Å². The molecular weight excluding hydrogens is 282 g/mol. The quantitative estimate of drug-likeness (QED) is 0.599. The number of nitrogens with one attached hydrogen (secondary N) is 2. The Morgan fingerprint density at radius 2 is 2.09 bits per heavy atom. The third-order valence-electron chi connectivity index (χ3n) is 3.37. The Morgan fingerprint density at radius 3 is 2.82 bits per heavy atom. The van der Waals surface area contributed by atoms with Crippen LogP contribution < -0.4 is 21.1 Å². The molecule has 6 nitrogen and oxygen atoms in total. The van der Waals surface area contributed by atoms with E-state index in [1.807, 2.05) is 0 Å². The van der Waals surface area contributed by atoms with Crippen LogP contribution in [-0.4, -0.2) is 31.5 Å². The molecule has 0 spiro atoms. The standard InChI is InChI=1S/C16H23N3O3/c17-8-1-2-9-18-15(20)11-22-14-5-3-4-13(10-14)19-16(21)12-6-7-12/h3-5,10,12H,1-2,6-9,11,17H2,(H,18,20)(H,19,21). The number of nitrogens with two attached hydrogens (primary N) is 1. The van der Waals surface area contributed by atoms with Gasteiger partial charge in [0, 0.05) is 24.2 Å². The van der Waals surface area contributed by atoms with E-state index in [9.17, 15) is 9.59 Å². The summed E-state index contributed by atoms with van der Waals surface area (Å²) in [5, 5.41) is 5.62. The van der Waals surface area contributed by atoms with Gasteiger partial charge in [-0.25, -0.2) is 0 Å². The van der Waals surface area contributed by atoms with Crippen molar-refractivity contribution in [3.63, 3.8) is 0 Å². The molecule has 0 radical (unpaired) electrons. The molecule has 0 aliphatic heterocycles. The van der Waals surface area contributed by atoms with Crippen LogP contribution in [0.3, 0.4) is 0 Å². The zero-order valence-electron chi connectivity index (χ0n) is 12.6. The van der Waals surface area contributed by atoms with E-state index >= 15 is 0 Å². The molecule has 2 amide bonds. The number of rotatable bonds is 9. The summed E-state index contributed by atoms with van der Waals surface area (Å²) in [5.74, 6) is 0.605. The van der Waals surface area contributed by atoms with E-state index in [4.69, 9.17) is 10.5 Å². The summed E-state index contributed by atoms with van der Waals surface area (Å²) in [6.07, 6.45) is 3.69. The molecule has 0 atom stereocenters. The maximum Gasteiger partial charge on any atom is 0.257 e. The van der Waals surface area contributed by atoms with Crippen molar-refractivity contribution < 1.29 is 14.3 Å². The van der Waals surface area contributed by atoms with Gasteiger partial charge in [-0.2, -0.15) is 0 Å². The molecule has 0 bridgehead atoms. The Kier molecular flexibility index (Phi) is 6.21. The molecular formula is C16H23N3O3. The first-order valence-corrected chi connectivity index (χ1v) is 7.69. The lowest BCUT2D eigenvalue weighted by Crippen LogP contribution is -2.29. The van der Waals surface area contributed by atoms with Crippen LogP contribution in [0, 0.1) is 5.92 Å². The van der Waals surface area contributed by atoms with E-state index < -0.39 is 0 Å². The van der Waals surface area contributed by atoms with Crippen molar-refractivity contribution in [2.24, 2.45) is 11.7 Å². The van der Waals surface area contributed by atoms with Crippen LogP contribution in [0.1, 0.15) is 25.7 Å². The Hall–Kier alpha value is -2.08. The Balaban J connectivity index is 1.72. The van der Waals surface area contributed by atoms with Crippen molar-refractivity contribution in [1.29, 1.82) is 0 Å². The first-order valence-electron chi connectivity index (χ1n) is 7.69. The predicted molar refractivity (Wildman–Crippen MR) is 84.6 cm³/mol. The minimum atomic E-state index is -0.163. The Bertz CT molecular complexity index is 515. The number of ether oxygens (including phenoxy) is 1. The zero-order valence-corrected chi connectivity index (χ0v) is 12.6. The van der Waals surface area contributed by atoms with Crippen LogP contribution in [-0.2, 0) is 9.59 Å². The summed E-state index contributed by atoms with van der Waals surface area (Å²) in [4.78, 5) is 23.3. The van der Waals surface area contributed by atoms with Crippen molar-refractivity contribution in [2.45, 2.75) is 25.7 Å². The van der Waals surface area contributed by atoms with Gasteiger partial charge in [0.25, 0.3) is 5.91 Å². The summed E-state index contributed by atoms with van der Waals surface area (Å²) in [6, 6.07) is 7.08. The number of hydrogen-bond donors (Lipinski definition) is 3. The molecule has 2 rings (SSSR count). The van der Waals surface area contributed by atoms with Gasteiger partial charge in [-0.05, 0) is 44.4 Å². The highest BCUT2D eigenvalue weighted by atomic mass is 16.5. The molecule has 1 aromatic carbocycles. The highest BCUT2D eigenvalue weighted by Gasteiger charge is 2.29. The molecule has 1 aromatic rings. The summed E-state index contributed by atoms with van der Waals surface area (Å²) >= 11 is 0. The van der Waals surface area contributed by atoms with Crippen molar-refractivity contribution in [1.82, 2.24) is 5.32 Å². The topological polar surface area (TPSA) is 93.4 Å². The van der Waals surface area contributed by atoms with Crippen LogP contribution in [0.15, 0.2) is 24.3 Å². The minimum absolute atomic E-state index is 0.0390. The fourth-order valence-electron chi connectivity index (χ4n) is 1.95. The summed E-state index contributed by atoms with van der Waals surface area (Å²) in [7, 11) is 0. The van der Waals surface area contributed by atoms with E-state index in [0.29, 0.717) is 24.5 Å². The summed E-state index contributed by atoms with van der Waals surface area (Å²) < 4.78 is 5.44. The van der Waals surface area contributed by atoms with E-state index in [0.717, 1.165) is 25.7 Å². The maximum absolute atomic E-state index is 11.7. The van der Waals surface area contributed by atoms with Crippen molar-refractivity contribution in [2.75, 3.05) is 25.0 Å².